The molecule has 1 heterocycles. The van der Waals surface area contributed by atoms with E-state index in [1.54, 1.807) is 43.6 Å². The number of benzene rings is 1. The zero-order valence-corrected chi connectivity index (χ0v) is 15.1. The van der Waals surface area contributed by atoms with Crippen LogP contribution in [0.4, 0.5) is 0 Å². The van der Waals surface area contributed by atoms with Crippen molar-refractivity contribution in [1.82, 2.24) is 0 Å². The fourth-order valence-corrected chi connectivity index (χ4v) is 3.43. The van der Waals surface area contributed by atoms with Gasteiger partial charge in [-0.2, -0.15) is 0 Å². The molecule has 0 N–H and O–H groups in total. The fraction of sp³-hybridized carbons (Fsp3) is 0.235. The number of halogens is 2. The monoisotopic (exact) mass is 370 g/mol. The Kier molecular flexibility index (Phi) is 6.51. The maximum absolute atomic E-state index is 11.9. The molecule has 3 nitrogen and oxygen atoms in total. The molecule has 0 unspecified atom stereocenters. The van der Waals surface area contributed by atoms with Crippen molar-refractivity contribution in [1.29, 1.82) is 0 Å². The summed E-state index contributed by atoms with van der Waals surface area (Å²) in [6.45, 7) is 2.09. The SMILES string of the molecule is CCOC(=O)/C=C(/Cc1cc(OC)cs1)c1ccc(Cl)cc1Cl. The van der Waals surface area contributed by atoms with Gasteiger partial charge >= 0.3 is 5.97 Å². The number of carbonyl (C=O) groups is 1. The topological polar surface area (TPSA) is 35.5 Å². The Bertz CT molecular complexity index is 722. The largest absolute Gasteiger partial charge is 0.496 e. The van der Waals surface area contributed by atoms with Gasteiger partial charge in [0.05, 0.1) is 13.7 Å². The average molecular weight is 371 g/mol. The number of hydrogen-bond acceptors (Lipinski definition) is 4. The summed E-state index contributed by atoms with van der Waals surface area (Å²) in [5.41, 5.74) is 1.53. The number of rotatable bonds is 6. The van der Waals surface area contributed by atoms with Gasteiger partial charge in [-0.3, -0.25) is 0 Å². The molecule has 0 bridgehead atoms. The third-order valence-corrected chi connectivity index (χ3v) is 4.55. The number of carbonyl (C=O) groups excluding carboxylic acids is 1. The van der Waals surface area contributed by atoms with Crippen LogP contribution in [0.25, 0.3) is 5.57 Å². The summed E-state index contributed by atoms with van der Waals surface area (Å²) in [7, 11) is 1.62. The second-order valence-electron chi connectivity index (χ2n) is 4.68. The summed E-state index contributed by atoms with van der Waals surface area (Å²) in [6, 6.07) is 7.15. The molecule has 122 valence electrons. The molecule has 0 saturated carbocycles. The Hall–Kier alpha value is -1.49. The van der Waals surface area contributed by atoms with Gasteiger partial charge in [-0.05, 0) is 36.3 Å². The maximum atomic E-state index is 11.9. The molecule has 1 aromatic heterocycles. The Morgan fingerprint density at radius 3 is 2.70 bits per heavy atom. The number of thiophene rings is 1. The van der Waals surface area contributed by atoms with E-state index in [1.807, 2.05) is 11.4 Å². The Balaban J connectivity index is 2.36. The molecule has 1 aromatic carbocycles. The van der Waals surface area contributed by atoms with E-state index in [0.29, 0.717) is 23.1 Å². The zero-order valence-electron chi connectivity index (χ0n) is 12.8. The first-order chi connectivity index (χ1) is 11.0. The van der Waals surface area contributed by atoms with Crippen molar-refractivity contribution in [2.75, 3.05) is 13.7 Å². The number of methoxy groups -OCH3 is 1. The highest BCUT2D eigenvalue weighted by Crippen LogP contribution is 2.32. The average Bonchev–Trinajstić information content (AvgIpc) is 2.94. The molecule has 0 spiro atoms. The van der Waals surface area contributed by atoms with Gasteiger partial charge in [-0.1, -0.05) is 29.3 Å². The number of allylic oxidation sites excluding steroid dienone is 1. The summed E-state index contributed by atoms with van der Waals surface area (Å²) in [5, 5.41) is 2.96. The van der Waals surface area contributed by atoms with Crippen LogP contribution in [-0.2, 0) is 16.0 Å². The van der Waals surface area contributed by atoms with Crippen molar-refractivity contribution < 1.29 is 14.3 Å². The third kappa shape index (κ3) is 4.99. The lowest BCUT2D eigenvalue weighted by Gasteiger charge is -2.09. The van der Waals surface area contributed by atoms with Gasteiger partial charge in [0.15, 0.2) is 0 Å². The lowest BCUT2D eigenvalue weighted by molar-refractivity contribution is -0.137. The van der Waals surface area contributed by atoms with Crippen molar-refractivity contribution in [2.45, 2.75) is 13.3 Å². The van der Waals surface area contributed by atoms with Crippen LogP contribution in [0.15, 0.2) is 35.7 Å². The van der Waals surface area contributed by atoms with Crippen LogP contribution < -0.4 is 4.74 Å². The van der Waals surface area contributed by atoms with Crippen molar-refractivity contribution in [2.24, 2.45) is 0 Å². The standard InChI is InChI=1S/C17H16Cl2O3S/c1-3-22-17(20)7-11(6-14-9-13(21-2)10-23-14)15-5-4-12(18)8-16(15)19/h4-5,7-10H,3,6H2,1-2H3/b11-7-. The van der Waals surface area contributed by atoms with Crippen molar-refractivity contribution in [3.05, 3.63) is 56.2 Å². The Morgan fingerprint density at radius 1 is 1.30 bits per heavy atom. The van der Waals surface area contributed by atoms with Crippen molar-refractivity contribution >= 4 is 46.1 Å². The molecule has 2 rings (SSSR count). The highest BCUT2D eigenvalue weighted by molar-refractivity contribution is 7.10. The van der Waals surface area contributed by atoms with Crippen LogP contribution in [-0.4, -0.2) is 19.7 Å². The van der Waals surface area contributed by atoms with Crippen LogP contribution in [0.3, 0.4) is 0 Å². The molecule has 23 heavy (non-hydrogen) atoms. The summed E-state index contributed by atoms with van der Waals surface area (Å²) in [4.78, 5) is 12.9. The van der Waals surface area contributed by atoms with Crippen molar-refractivity contribution in [3.63, 3.8) is 0 Å². The quantitative estimate of drug-likeness (QED) is 0.514. The van der Waals surface area contributed by atoms with E-state index >= 15 is 0 Å². The molecule has 0 aliphatic rings. The van der Waals surface area contributed by atoms with Gasteiger partial charge in [-0.15, -0.1) is 11.3 Å². The predicted molar refractivity (Wildman–Crippen MR) is 95.6 cm³/mol. The number of ether oxygens (including phenoxy) is 2. The van der Waals surface area contributed by atoms with Crippen LogP contribution in [0.1, 0.15) is 17.4 Å². The van der Waals surface area contributed by atoms with Crippen LogP contribution in [0.5, 0.6) is 5.75 Å². The number of esters is 1. The van der Waals surface area contributed by atoms with E-state index in [0.717, 1.165) is 21.8 Å². The minimum absolute atomic E-state index is 0.323. The van der Waals surface area contributed by atoms with Crippen LogP contribution >= 0.6 is 34.5 Å². The van der Waals surface area contributed by atoms with E-state index in [9.17, 15) is 4.79 Å². The molecule has 0 atom stereocenters. The van der Waals surface area contributed by atoms with E-state index in [2.05, 4.69) is 0 Å². The fourth-order valence-electron chi connectivity index (χ4n) is 2.05. The van der Waals surface area contributed by atoms with E-state index < -0.39 is 5.97 Å². The molecule has 0 fully saturated rings. The zero-order chi connectivity index (χ0) is 16.8. The van der Waals surface area contributed by atoms with Crippen LogP contribution in [0.2, 0.25) is 10.0 Å². The van der Waals surface area contributed by atoms with Crippen molar-refractivity contribution in [3.8, 4) is 5.75 Å². The highest BCUT2D eigenvalue weighted by atomic mass is 35.5. The van der Waals surface area contributed by atoms with Gasteiger partial charge in [0.2, 0.25) is 0 Å². The summed E-state index contributed by atoms with van der Waals surface area (Å²) in [6.07, 6.45) is 2.03. The van der Waals surface area contributed by atoms with Gasteiger partial charge in [-0.25, -0.2) is 4.79 Å². The van der Waals surface area contributed by atoms with Gasteiger partial charge in [0.25, 0.3) is 0 Å². The van der Waals surface area contributed by atoms with Gasteiger partial charge < -0.3 is 9.47 Å². The maximum Gasteiger partial charge on any atom is 0.331 e. The Labute approximate surface area is 149 Å². The summed E-state index contributed by atoms with van der Waals surface area (Å²) < 4.78 is 10.2. The molecule has 2 aromatic rings. The Morgan fingerprint density at radius 2 is 2.09 bits per heavy atom. The number of hydrogen-bond donors (Lipinski definition) is 0. The van der Waals surface area contributed by atoms with E-state index in [4.69, 9.17) is 32.7 Å². The predicted octanol–water partition coefficient (Wildman–Crippen LogP) is 5.25. The van der Waals surface area contributed by atoms with E-state index in [-0.39, 0.29) is 0 Å². The van der Waals surface area contributed by atoms with E-state index in [1.165, 1.54) is 6.08 Å². The molecule has 0 aliphatic carbocycles. The minimum Gasteiger partial charge on any atom is -0.496 e. The van der Waals surface area contributed by atoms with Gasteiger partial charge in [0, 0.05) is 32.8 Å². The second-order valence-corrected chi connectivity index (χ2v) is 6.51. The molecule has 0 saturated heterocycles. The molecule has 0 amide bonds. The second kappa shape index (κ2) is 8.39. The van der Waals surface area contributed by atoms with Gasteiger partial charge in [0.1, 0.15) is 5.75 Å². The first kappa shape index (κ1) is 17.9. The molecule has 0 radical (unpaired) electrons. The van der Waals surface area contributed by atoms with Crippen LogP contribution in [0, 0.1) is 0 Å². The third-order valence-electron chi connectivity index (χ3n) is 3.09. The first-order valence-electron chi connectivity index (χ1n) is 6.97. The lowest BCUT2D eigenvalue weighted by atomic mass is 10.0. The highest BCUT2D eigenvalue weighted by Gasteiger charge is 2.12. The summed E-state index contributed by atoms with van der Waals surface area (Å²) in [5.74, 6) is 0.403. The summed E-state index contributed by atoms with van der Waals surface area (Å²) >= 11 is 13.8. The smallest absolute Gasteiger partial charge is 0.331 e. The normalized spacial score (nSPS) is 11.4. The molecular formula is C17H16Cl2O3S. The first-order valence-corrected chi connectivity index (χ1v) is 8.61. The molecular weight excluding hydrogens is 355 g/mol. The lowest BCUT2D eigenvalue weighted by Crippen LogP contribution is -2.02. The molecule has 0 aliphatic heterocycles. The minimum atomic E-state index is -0.392. The molecule has 6 heteroatoms.